The molecule has 0 radical (unpaired) electrons. The van der Waals surface area contributed by atoms with Crippen LogP contribution in [0.25, 0.3) is 0 Å². The zero-order chi connectivity index (χ0) is 15.5. The maximum atomic E-state index is 12.7. The second kappa shape index (κ2) is 6.67. The highest BCUT2D eigenvalue weighted by atomic mass is 16.5. The summed E-state index contributed by atoms with van der Waals surface area (Å²) in [5, 5.41) is 0. The van der Waals surface area contributed by atoms with Crippen LogP contribution in [0.3, 0.4) is 0 Å². The fourth-order valence-corrected chi connectivity index (χ4v) is 3.08. The molecule has 0 aromatic heterocycles. The third-order valence-corrected chi connectivity index (χ3v) is 4.65. The van der Waals surface area contributed by atoms with Gasteiger partial charge in [0, 0.05) is 31.7 Å². The van der Waals surface area contributed by atoms with Crippen LogP contribution in [0.15, 0.2) is 18.2 Å². The van der Waals surface area contributed by atoms with E-state index >= 15 is 0 Å². The minimum absolute atomic E-state index is 0.102. The van der Waals surface area contributed by atoms with Crippen molar-refractivity contribution in [2.75, 3.05) is 46.5 Å². The van der Waals surface area contributed by atoms with Gasteiger partial charge in [0.2, 0.25) is 0 Å². The normalized spacial score (nSPS) is 19.8. The number of carbonyl (C=O) groups is 1. The second-order valence-electron chi connectivity index (χ2n) is 5.90. The van der Waals surface area contributed by atoms with Gasteiger partial charge in [-0.1, -0.05) is 13.0 Å². The van der Waals surface area contributed by atoms with E-state index in [4.69, 9.17) is 9.47 Å². The third kappa shape index (κ3) is 2.96. The number of hydrogen-bond acceptors (Lipinski definition) is 4. The van der Waals surface area contributed by atoms with Gasteiger partial charge in [-0.3, -0.25) is 9.69 Å². The van der Waals surface area contributed by atoms with Crippen LogP contribution in [-0.2, 0) is 11.2 Å². The van der Waals surface area contributed by atoms with Gasteiger partial charge < -0.3 is 14.4 Å². The predicted molar refractivity (Wildman–Crippen MR) is 84.5 cm³/mol. The molecule has 2 aliphatic heterocycles. The van der Waals surface area contributed by atoms with Crippen LogP contribution in [-0.4, -0.2) is 68.3 Å². The number of amides is 1. The molecule has 0 saturated carbocycles. The Morgan fingerprint density at radius 3 is 2.55 bits per heavy atom. The number of piperazine rings is 1. The van der Waals surface area contributed by atoms with Gasteiger partial charge in [-0.2, -0.15) is 0 Å². The van der Waals surface area contributed by atoms with E-state index in [1.165, 1.54) is 0 Å². The Hall–Kier alpha value is -1.59. The van der Waals surface area contributed by atoms with Gasteiger partial charge in [0.15, 0.2) is 0 Å². The molecule has 2 fully saturated rings. The van der Waals surface area contributed by atoms with Crippen LogP contribution in [0.2, 0.25) is 0 Å². The van der Waals surface area contributed by atoms with E-state index in [0.717, 1.165) is 62.7 Å². The highest BCUT2D eigenvalue weighted by molar-refractivity contribution is 5.94. The lowest BCUT2D eigenvalue weighted by Crippen LogP contribution is -2.57. The molecule has 0 unspecified atom stereocenters. The number of hydrogen-bond donors (Lipinski definition) is 0. The average Bonchev–Trinajstić information content (AvgIpc) is 2.52. The van der Waals surface area contributed by atoms with Crippen molar-refractivity contribution in [3.63, 3.8) is 0 Å². The SMILES string of the molecule is CCc1ccc(C(=O)N2CCN(C3COC3)CC2)cc1OC. The summed E-state index contributed by atoms with van der Waals surface area (Å²) in [6.45, 7) is 7.20. The van der Waals surface area contributed by atoms with Gasteiger partial charge in [0.1, 0.15) is 5.75 Å². The van der Waals surface area contributed by atoms with Crippen LogP contribution in [0.4, 0.5) is 0 Å². The zero-order valence-electron chi connectivity index (χ0n) is 13.4. The lowest BCUT2D eigenvalue weighted by molar-refractivity contribution is -0.0746. The largest absolute Gasteiger partial charge is 0.496 e. The van der Waals surface area contributed by atoms with E-state index in [1.54, 1.807) is 7.11 Å². The highest BCUT2D eigenvalue weighted by Gasteiger charge is 2.30. The standard InChI is InChI=1S/C17H24N2O3/c1-3-13-4-5-14(10-16(13)21-2)17(20)19-8-6-18(7-9-19)15-11-22-12-15/h4-5,10,15H,3,6-9,11-12H2,1-2H3. The Labute approximate surface area is 131 Å². The maximum absolute atomic E-state index is 12.7. The number of benzene rings is 1. The van der Waals surface area contributed by atoms with E-state index in [0.29, 0.717) is 6.04 Å². The van der Waals surface area contributed by atoms with E-state index in [2.05, 4.69) is 11.8 Å². The lowest BCUT2D eigenvalue weighted by Gasteiger charge is -2.42. The van der Waals surface area contributed by atoms with Crippen molar-refractivity contribution in [2.24, 2.45) is 0 Å². The predicted octanol–water partition coefficient (Wildman–Crippen LogP) is 1.41. The maximum Gasteiger partial charge on any atom is 0.254 e. The van der Waals surface area contributed by atoms with Crippen LogP contribution < -0.4 is 4.74 Å². The first-order chi connectivity index (χ1) is 10.7. The molecule has 0 atom stereocenters. The van der Waals surface area contributed by atoms with Gasteiger partial charge in [0.05, 0.1) is 26.4 Å². The highest BCUT2D eigenvalue weighted by Crippen LogP contribution is 2.22. The quantitative estimate of drug-likeness (QED) is 0.843. The van der Waals surface area contributed by atoms with Crippen molar-refractivity contribution in [1.82, 2.24) is 9.80 Å². The molecule has 3 rings (SSSR count). The molecule has 2 aliphatic rings. The molecule has 2 heterocycles. The number of aryl methyl sites for hydroxylation is 1. The molecule has 0 N–H and O–H groups in total. The Balaban J connectivity index is 1.64. The fraction of sp³-hybridized carbons (Fsp3) is 0.588. The molecule has 0 bridgehead atoms. The molecule has 5 heteroatoms. The van der Waals surface area contributed by atoms with Gasteiger partial charge in [0.25, 0.3) is 5.91 Å². The Bertz CT molecular complexity index is 535. The minimum atomic E-state index is 0.102. The first kappa shape index (κ1) is 15.3. The molecule has 1 aromatic carbocycles. The van der Waals surface area contributed by atoms with E-state index in [9.17, 15) is 4.79 Å². The summed E-state index contributed by atoms with van der Waals surface area (Å²) in [6, 6.07) is 6.33. The average molecular weight is 304 g/mol. The van der Waals surface area contributed by atoms with Crippen molar-refractivity contribution in [3.05, 3.63) is 29.3 Å². The van der Waals surface area contributed by atoms with Crippen molar-refractivity contribution >= 4 is 5.91 Å². The molecule has 1 amide bonds. The summed E-state index contributed by atoms with van der Waals surface area (Å²) in [7, 11) is 1.65. The fourth-order valence-electron chi connectivity index (χ4n) is 3.08. The number of carbonyl (C=O) groups excluding carboxylic acids is 1. The zero-order valence-corrected chi connectivity index (χ0v) is 13.4. The number of rotatable bonds is 4. The molecule has 1 aromatic rings. The Morgan fingerprint density at radius 1 is 1.27 bits per heavy atom. The molecule has 2 saturated heterocycles. The van der Waals surface area contributed by atoms with Crippen LogP contribution in [0.5, 0.6) is 5.75 Å². The summed E-state index contributed by atoms with van der Waals surface area (Å²) >= 11 is 0. The van der Waals surface area contributed by atoms with E-state index < -0.39 is 0 Å². The van der Waals surface area contributed by atoms with Crippen LogP contribution in [0, 0.1) is 0 Å². The van der Waals surface area contributed by atoms with E-state index in [1.807, 2.05) is 23.1 Å². The third-order valence-electron chi connectivity index (χ3n) is 4.65. The number of nitrogens with zero attached hydrogens (tertiary/aromatic N) is 2. The summed E-state index contributed by atoms with van der Waals surface area (Å²) in [5.74, 6) is 0.907. The van der Waals surface area contributed by atoms with Crippen molar-refractivity contribution in [3.8, 4) is 5.75 Å². The van der Waals surface area contributed by atoms with Crippen molar-refractivity contribution < 1.29 is 14.3 Å². The lowest BCUT2D eigenvalue weighted by atomic mass is 10.1. The smallest absolute Gasteiger partial charge is 0.254 e. The monoisotopic (exact) mass is 304 g/mol. The summed E-state index contributed by atoms with van der Waals surface area (Å²) < 4.78 is 10.6. The van der Waals surface area contributed by atoms with Crippen molar-refractivity contribution in [2.45, 2.75) is 19.4 Å². The van der Waals surface area contributed by atoms with Gasteiger partial charge in [-0.05, 0) is 24.1 Å². The summed E-state index contributed by atoms with van der Waals surface area (Å²) in [4.78, 5) is 17.0. The number of ether oxygens (including phenoxy) is 2. The van der Waals surface area contributed by atoms with Gasteiger partial charge in [-0.15, -0.1) is 0 Å². The molecular formula is C17H24N2O3. The molecule has 120 valence electrons. The van der Waals surface area contributed by atoms with Crippen LogP contribution >= 0.6 is 0 Å². The first-order valence-corrected chi connectivity index (χ1v) is 8.01. The van der Waals surface area contributed by atoms with E-state index in [-0.39, 0.29) is 5.91 Å². The topological polar surface area (TPSA) is 42.0 Å². The molecule has 5 nitrogen and oxygen atoms in total. The first-order valence-electron chi connectivity index (χ1n) is 8.01. The summed E-state index contributed by atoms with van der Waals surface area (Å²) in [6.07, 6.45) is 0.903. The minimum Gasteiger partial charge on any atom is -0.496 e. The summed E-state index contributed by atoms with van der Waals surface area (Å²) in [5.41, 5.74) is 1.85. The van der Waals surface area contributed by atoms with Gasteiger partial charge in [-0.25, -0.2) is 0 Å². The molecular weight excluding hydrogens is 280 g/mol. The molecule has 0 spiro atoms. The Morgan fingerprint density at radius 2 is 2.00 bits per heavy atom. The van der Waals surface area contributed by atoms with Gasteiger partial charge >= 0.3 is 0 Å². The molecule has 22 heavy (non-hydrogen) atoms. The number of methoxy groups -OCH3 is 1. The van der Waals surface area contributed by atoms with Crippen LogP contribution in [0.1, 0.15) is 22.8 Å². The van der Waals surface area contributed by atoms with Crippen molar-refractivity contribution in [1.29, 1.82) is 0 Å². The second-order valence-corrected chi connectivity index (χ2v) is 5.90. The Kier molecular flexibility index (Phi) is 4.64. The molecule has 0 aliphatic carbocycles.